The minimum absolute atomic E-state index is 0.0170. The maximum atomic E-state index is 14.6. The van der Waals surface area contributed by atoms with E-state index in [0.29, 0.717) is 25.9 Å². The minimum Gasteiger partial charge on any atom is -0.444 e. The van der Waals surface area contributed by atoms with E-state index in [2.05, 4.69) is 5.32 Å². The van der Waals surface area contributed by atoms with Crippen molar-refractivity contribution >= 4 is 17.7 Å². The van der Waals surface area contributed by atoms with E-state index in [1.807, 2.05) is 6.07 Å². The first-order chi connectivity index (χ1) is 12.7. The number of fused-ring (bicyclic) bond motifs is 2. The van der Waals surface area contributed by atoms with E-state index in [0.717, 1.165) is 36.9 Å². The number of anilines is 1. The first-order valence-electron chi connectivity index (χ1n) is 9.78. The summed E-state index contributed by atoms with van der Waals surface area (Å²) in [7, 11) is 0. The van der Waals surface area contributed by atoms with E-state index in [4.69, 9.17) is 4.74 Å². The molecule has 2 aliphatic rings. The van der Waals surface area contributed by atoms with Crippen LogP contribution in [0.15, 0.2) is 18.2 Å². The van der Waals surface area contributed by atoms with Crippen LogP contribution in [0.4, 0.5) is 14.9 Å². The second-order valence-corrected chi connectivity index (χ2v) is 8.63. The summed E-state index contributed by atoms with van der Waals surface area (Å²) >= 11 is 0. The van der Waals surface area contributed by atoms with Gasteiger partial charge in [0.1, 0.15) is 11.4 Å². The summed E-state index contributed by atoms with van der Waals surface area (Å²) in [6.45, 7) is 6.36. The number of carbonyl (C=O) groups excluding carboxylic acids is 2. The summed E-state index contributed by atoms with van der Waals surface area (Å²) in [5.74, 6) is -0.215. The van der Waals surface area contributed by atoms with Gasteiger partial charge in [-0.2, -0.15) is 0 Å². The Morgan fingerprint density at radius 3 is 2.63 bits per heavy atom. The van der Waals surface area contributed by atoms with Crippen molar-refractivity contribution in [1.29, 1.82) is 0 Å². The highest BCUT2D eigenvalue weighted by molar-refractivity contribution is 5.96. The zero-order chi connectivity index (χ0) is 19.7. The standard InChI is InChI=1S/C21H29FN2O3/c1-20(2,3)27-19(26)23-13-7-10-17(25)24-14-21(11-4-5-12-21)18-15(22)8-6-9-16(18)24/h6,8-9H,4-5,7,10-14H2,1-3H3,(H,23,26). The van der Waals surface area contributed by atoms with Crippen molar-refractivity contribution < 1.29 is 18.7 Å². The zero-order valence-corrected chi connectivity index (χ0v) is 16.4. The van der Waals surface area contributed by atoms with Gasteiger partial charge in [-0.3, -0.25) is 4.79 Å². The first-order valence-corrected chi connectivity index (χ1v) is 9.78. The average molecular weight is 376 g/mol. The molecule has 27 heavy (non-hydrogen) atoms. The summed E-state index contributed by atoms with van der Waals surface area (Å²) < 4.78 is 19.7. The van der Waals surface area contributed by atoms with Crippen molar-refractivity contribution in [3.63, 3.8) is 0 Å². The summed E-state index contributed by atoms with van der Waals surface area (Å²) in [5, 5.41) is 2.67. The molecule has 1 spiro atoms. The predicted molar refractivity (Wildman–Crippen MR) is 102 cm³/mol. The number of nitrogens with one attached hydrogen (secondary N) is 1. The molecule has 2 amide bonds. The van der Waals surface area contributed by atoms with Gasteiger partial charge < -0.3 is 15.0 Å². The maximum absolute atomic E-state index is 14.6. The molecule has 148 valence electrons. The average Bonchev–Trinajstić information content (AvgIpc) is 3.17. The third-order valence-electron chi connectivity index (χ3n) is 5.37. The normalized spacial score (nSPS) is 17.9. The second kappa shape index (κ2) is 7.49. The Morgan fingerprint density at radius 1 is 1.26 bits per heavy atom. The van der Waals surface area contributed by atoms with E-state index in [9.17, 15) is 14.0 Å². The number of hydrogen-bond donors (Lipinski definition) is 1. The van der Waals surface area contributed by atoms with Gasteiger partial charge in [-0.15, -0.1) is 0 Å². The Morgan fingerprint density at radius 2 is 1.96 bits per heavy atom. The zero-order valence-electron chi connectivity index (χ0n) is 16.4. The number of nitrogens with zero attached hydrogens (tertiary/aromatic N) is 1. The Kier molecular flexibility index (Phi) is 5.45. The van der Waals surface area contributed by atoms with Crippen LogP contribution in [-0.4, -0.2) is 30.7 Å². The van der Waals surface area contributed by atoms with E-state index in [-0.39, 0.29) is 17.1 Å². The first kappa shape index (κ1) is 19.6. The lowest BCUT2D eigenvalue weighted by molar-refractivity contribution is -0.118. The number of ether oxygens (including phenoxy) is 1. The highest BCUT2D eigenvalue weighted by atomic mass is 19.1. The van der Waals surface area contributed by atoms with E-state index in [1.54, 1.807) is 31.7 Å². The van der Waals surface area contributed by atoms with Crippen LogP contribution in [0.25, 0.3) is 0 Å². The number of alkyl carbamates (subject to hydrolysis) is 1. The van der Waals surface area contributed by atoms with Crippen molar-refractivity contribution in [2.75, 3.05) is 18.0 Å². The topological polar surface area (TPSA) is 58.6 Å². The van der Waals surface area contributed by atoms with Gasteiger partial charge in [0.2, 0.25) is 5.91 Å². The van der Waals surface area contributed by atoms with Gasteiger partial charge in [-0.05, 0) is 52.2 Å². The molecule has 0 aromatic heterocycles. The summed E-state index contributed by atoms with van der Waals surface area (Å²) in [5.41, 5.74) is 0.689. The summed E-state index contributed by atoms with van der Waals surface area (Å²) in [6, 6.07) is 5.02. The van der Waals surface area contributed by atoms with Crippen molar-refractivity contribution in [2.24, 2.45) is 0 Å². The molecule has 0 atom stereocenters. The molecule has 1 saturated carbocycles. The molecular weight excluding hydrogens is 347 g/mol. The second-order valence-electron chi connectivity index (χ2n) is 8.63. The molecule has 6 heteroatoms. The van der Waals surface area contributed by atoms with Crippen molar-refractivity contribution in [2.45, 2.75) is 70.3 Å². The predicted octanol–water partition coefficient (Wildman–Crippen LogP) is 4.29. The Balaban J connectivity index is 1.59. The van der Waals surface area contributed by atoms with Crippen LogP contribution < -0.4 is 10.2 Å². The smallest absolute Gasteiger partial charge is 0.407 e. The van der Waals surface area contributed by atoms with E-state index < -0.39 is 11.7 Å². The molecule has 1 aromatic carbocycles. The van der Waals surface area contributed by atoms with Crippen LogP contribution in [0.5, 0.6) is 0 Å². The minimum atomic E-state index is -0.543. The molecule has 1 N–H and O–H groups in total. The van der Waals surface area contributed by atoms with Crippen LogP contribution in [0.3, 0.4) is 0 Å². The largest absolute Gasteiger partial charge is 0.444 e. The lowest BCUT2D eigenvalue weighted by Gasteiger charge is -2.25. The number of rotatable bonds is 4. The monoisotopic (exact) mass is 376 g/mol. The molecule has 1 aliphatic heterocycles. The number of carbonyl (C=O) groups is 2. The van der Waals surface area contributed by atoms with E-state index >= 15 is 0 Å². The molecule has 0 radical (unpaired) electrons. The number of benzene rings is 1. The number of halogens is 1. The van der Waals surface area contributed by atoms with Crippen LogP contribution in [-0.2, 0) is 14.9 Å². The fraction of sp³-hybridized carbons (Fsp3) is 0.619. The molecule has 1 fully saturated rings. The van der Waals surface area contributed by atoms with Crippen LogP contribution in [0.1, 0.15) is 64.9 Å². The van der Waals surface area contributed by atoms with Crippen LogP contribution in [0, 0.1) is 5.82 Å². The van der Waals surface area contributed by atoms with Gasteiger partial charge in [0, 0.05) is 30.5 Å². The fourth-order valence-electron chi connectivity index (χ4n) is 4.29. The van der Waals surface area contributed by atoms with Crippen LogP contribution in [0.2, 0.25) is 0 Å². The molecule has 0 unspecified atom stereocenters. The molecule has 1 aliphatic carbocycles. The molecule has 3 rings (SSSR count). The SMILES string of the molecule is CC(C)(C)OC(=O)NCCCC(=O)N1CC2(CCCC2)c2c(F)cccc21. The summed E-state index contributed by atoms with van der Waals surface area (Å²) in [6.07, 6.45) is 4.38. The van der Waals surface area contributed by atoms with Gasteiger partial charge in [0.25, 0.3) is 0 Å². The van der Waals surface area contributed by atoms with Crippen molar-refractivity contribution in [3.8, 4) is 0 Å². The number of amides is 2. The summed E-state index contributed by atoms with van der Waals surface area (Å²) in [4.78, 5) is 26.2. The van der Waals surface area contributed by atoms with E-state index in [1.165, 1.54) is 6.07 Å². The molecule has 1 aromatic rings. The molecule has 5 nitrogen and oxygen atoms in total. The molecule has 0 bridgehead atoms. The van der Waals surface area contributed by atoms with Gasteiger partial charge in [0.05, 0.1) is 5.69 Å². The van der Waals surface area contributed by atoms with Gasteiger partial charge in [-0.25, -0.2) is 9.18 Å². The molecule has 0 saturated heterocycles. The van der Waals surface area contributed by atoms with Crippen molar-refractivity contribution in [3.05, 3.63) is 29.6 Å². The quantitative estimate of drug-likeness (QED) is 0.798. The molecule has 1 heterocycles. The lowest BCUT2D eigenvalue weighted by Crippen LogP contribution is -2.36. The molecular formula is C21H29FN2O3. The van der Waals surface area contributed by atoms with Gasteiger partial charge in [0.15, 0.2) is 0 Å². The third-order valence-corrected chi connectivity index (χ3v) is 5.37. The maximum Gasteiger partial charge on any atom is 0.407 e. The highest BCUT2D eigenvalue weighted by Gasteiger charge is 2.47. The van der Waals surface area contributed by atoms with Gasteiger partial charge in [-0.1, -0.05) is 18.9 Å². The lowest BCUT2D eigenvalue weighted by atomic mass is 9.80. The fourth-order valence-corrected chi connectivity index (χ4v) is 4.29. The Hall–Kier alpha value is -2.11. The van der Waals surface area contributed by atoms with Gasteiger partial charge >= 0.3 is 6.09 Å². The highest BCUT2D eigenvalue weighted by Crippen LogP contribution is 2.51. The Labute approximate surface area is 160 Å². The number of hydrogen-bond acceptors (Lipinski definition) is 3. The Bertz CT molecular complexity index is 721. The van der Waals surface area contributed by atoms with Crippen LogP contribution >= 0.6 is 0 Å². The third kappa shape index (κ3) is 4.25. The van der Waals surface area contributed by atoms with Crippen molar-refractivity contribution in [1.82, 2.24) is 5.32 Å².